The molecule has 8 amide bonds. The molecule has 0 spiro atoms. The average molecular weight is 1980 g/mol. The Kier molecular flexibility index (Phi) is 32.4. The van der Waals surface area contributed by atoms with Crippen LogP contribution in [-0.2, 0) is 0 Å². The van der Waals surface area contributed by atoms with Gasteiger partial charge in [-0.05, 0) is 274 Å². The van der Waals surface area contributed by atoms with Crippen molar-refractivity contribution < 1.29 is 67.6 Å². The van der Waals surface area contributed by atoms with Crippen LogP contribution in [0.25, 0.3) is 41.8 Å². The Morgan fingerprint density at radius 2 is 0.761 bits per heavy atom. The molecule has 32 nitrogen and oxygen atoms in total. The lowest BCUT2D eigenvalue weighted by Crippen LogP contribution is -2.61. The van der Waals surface area contributed by atoms with Crippen molar-refractivity contribution in [2.24, 2.45) is 10.8 Å². The van der Waals surface area contributed by atoms with Crippen LogP contribution in [0.15, 0.2) is 49.1 Å². The molecule has 5 saturated heterocycles. The van der Waals surface area contributed by atoms with Crippen LogP contribution in [0.4, 0.5) is 32.1 Å². The second kappa shape index (κ2) is 41.9. The van der Waals surface area contributed by atoms with Crippen molar-refractivity contribution >= 4 is 116 Å². The normalized spacial score (nSPS) is 19.3. The monoisotopic (exact) mass is 1980 g/mol. The molecule has 15 rings (SSSR count). The van der Waals surface area contributed by atoms with Crippen LogP contribution < -0.4 is 37.2 Å². The first-order chi connectivity index (χ1) is 64.1. The Morgan fingerprint density at radius 1 is 0.442 bits per heavy atom. The first-order valence-corrected chi connectivity index (χ1v) is 51.0. The number of β-amino-alcohol motifs (C(OH)–C–C–N with tert-alkyl or cyclic N) is 1. The van der Waals surface area contributed by atoms with E-state index in [0.717, 1.165) is 124 Å². The third kappa shape index (κ3) is 27.1. The lowest BCUT2D eigenvalue weighted by molar-refractivity contribution is -0.0668. The van der Waals surface area contributed by atoms with Gasteiger partial charge in [0.1, 0.15) is 46.0 Å². The average Bonchev–Trinajstić information content (AvgIpc) is 1.60. The standard InChI is InChI=1S/C26H37N5O3S.C25H33F2N5O3S.C25H37N5O3S.C24H33N5O3S/c1-16-12-19(28-15-26(5)9-7-10-26)27-13-18(16)21-20(24(33)31-11-6-8-17(31)2)30-23(35-21)22(32)29-14-25(3,4)34;1-14-8-17(29-12-24(5)6-7-24)28-10-16(14)19-18(22(34)32-13-25(26,27)9-15(32)2)31-21(36-19)20(33)30-11-23(3,4)35;1-14-12-18(29-24(4,5)6)26-13-17(14)20-19(23(32)30-11-9-10-15(30)2)28-22(34-20)21(31)27-16(3)25(7,8)33;1-14-10-17(27-23(3,4)5)25-11-16(14)19-18(21(30)29-9-7-8-15(29)2)26-20(33-19)22(31)28-12-24(6,32)13-28/h12-13,17,34H,6-11,14-15H2,1-5H3,(H,27,28)(H,29,32);8,10,15,35H,6-7,9,11-13H2,1-5H3,(H,28,29)(H,30,33);12-13,15-16,33H,9-11H2,1-8H3,(H,26,29)(H,27,31);10-11,15,32H,7-9,12-13H2,1-6H3,(H,25,27)/t17-;15-;15-,16+;15-/m0000/s1. The first kappa shape index (κ1) is 107. The topological polar surface area (TPSA) is 421 Å². The molecule has 2 aliphatic carbocycles. The number of carbonyl (C=O) groups is 8. The third-order valence-electron chi connectivity index (χ3n) is 25.9. The number of anilines is 4. The minimum atomic E-state index is -2.97. The number of carbonyl (C=O) groups excluding carboxylic acids is 8. The number of likely N-dealkylation sites (tertiary alicyclic amines) is 5. The fraction of sp³-hybridized carbons (Fsp3) is 0.600. The number of rotatable bonds is 26. The van der Waals surface area contributed by atoms with Crippen LogP contribution in [0.2, 0.25) is 0 Å². The Bertz CT molecular complexity index is 5820. The van der Waals surface area contributed by atoms with Crippen molar-refractivity contribution in [3.63, 3.8) is 0 Å². The smallest absolute Gasteiger partial charge is 0.283 e. The number of hydrogen-bond donors (Lipinski definition) is 11. The summed E-state index contributed by atoms with van der Waals surface area (Å²) in [6, 6.07) is 7.04. The number of halogens is 2. The van der Waals surface area contributed by atoms with E-state index < -0.39 is 77.0 Å². The maximum absolute atomic E-state index is 14.0. The minimum absolute atomic E-state index is 0.0134. The van der Waals surface area contributed by atoms with Crippen molar-refractivity contribution in [3.8, 4) is 41.8 Å². The van der Waals surface area contributed by atoms with Gasteiger partial charge in [0.05, 0.1) is 67.6 Å². The van der Waals surface area contributed by atoms with E-state index in [2.05, 4.69) is 132 Å². The molecule has 8 aromatic heterocycles. The van der Waals surface area contributed by atoms with Crippen LogP contribution in [-0.4, -0.2) is 267 Å². The van der Waals surface area contributed by atoms with Crippen LogP contribution in [0, 0.1) is 38.5 Å². The molecule has 0 unspecified atom stereocenters. The Labute approximate surface area is 824 Å². The molecule has 2 saturated carbocycles. The summed E-state index contributed by atoms with van der Waals surface area (Å²) in [5, 5.41) is 62.5. The highest BCUT2D eigenvalue weighted by molar-refractivity contribution is 7.18. The molecule has 5 aliphatic heterocycles. The van der Waals surface area contributed by atoms with Crippen LogP contribution >= 0.6 is 45.3 Å². The van der Waals surface area contributed by atoms with Gasteiger partial charge in [0.25, 0.3) is 53.2 Å². The van der Waals surface area contributed by atoms with Gasteiger partial charge in [-0.15, -0.1) is 45.3 Å². The molecule has 0 bridgehead atoms. The zero-order valence-corrected chi connectivity index (χ0v) is 87.6. The van der Waals surface area contributed by atoms with Gasteiger partial charge in [-0.1, -0.05) is 20.3 Å². The maximum atomic E-state index is 14.0. The molecule has 5 atom stereocenters. The highest BCUT2D eigenvalue weighted by Crippen LogP contribution is 2.47. The zero-order chi connectivity index (χ0) is 101. The van der Waals surface area contributed by atoms with Gasteiger partial charge in [0.2, 0.25) is 0 Å². The van der Waals surface area contributed by atoms with E-state index in [1.165, 1.54) is 66.1 Å². The second-order valence-corrected chi connectivity index (χ2v) is 47.6. The van der Waals surface area contributed by atoms with Crippen LogP contribution in [0.5, 0.6) is 0 Å². The van der Waals surface area contributed by atoms with E-state index >= 15 is 0 Å². The zero-order valence-electron chi connectivity index (χ0n) is 84.3. The van der Waals surface area contributed by atoms with E-state index in [1.54, 1.807) is 92.0 Å². The molecule has 750 valence electrons. The summed E-state index contributed by atoms with van der Waals surface area (Å²) >= 11 is 4.61. The number of aromatic nitrogens is 8. The third-order valence-corrected chi connectivity index (χ3v) is 30.3. The molecule has 0 aromatic carbocycles. The molecule has 13 heterocycles. The van der Waals surface area contributed by atoms with Crippen molar-refractivity contribution in [2.45, 2.75) is 313 Å². The molecular weight excluding hydrogens is 1840 g/mol. The minimum Gasteiger partial charge on any atom is -0.389 e. The Balaban J connectivity index is 0.000000165. The van der Waals surface area contributed by atoms with E-state index in [9.17, 15) is 67.6 Å². The first-order valence-electron chi connectivity index (χ1n) is 47.8. The number of nitrogens with one attached hydrogen (secondary N) is 7. The van der Waals surface area contributed by atoms with E-state index in [0.29, 0.717) is 72.7 Å². The number of aliphatic hydroxyl groups is 4. The van der Waals surface area contributed by atoms with Gasteiger partial charge in [0.15, 0.2) is 20.0 Å². The fourth-order valence-electron chi connectivity index (χ4n) is 17.0. The number of thiazole rings is 4. The summed E-state index contributed by atoms with van der Waals surface area (Å²) in [6.45, 7) is 49.2. The molecule has 7 fully saturated rings. The van der Waals surface area contributed by atoms with Gasteiger partial charge in [-0.2, -0.15) is 0 Å². The number of pyridine rings is 4. The quantitative estimate of drug-likeness (QED) is 0.0240. The molecule has 0 radical (unpaired) electrons. The van der Waals surface area contributed by atoms with Crippen LogP contribution in [0.1, 0.15) is 319 Å². The number of nitrogens with zero attached hydrogens (tertiary/aromatic N) is 13. The van der Waals surface area contributed by atoms with E-state index in [-0.39, 0.29) is 110 Å². The Morgan fingerprint density at radius 3 is 1.04 bits per heavy atom. The van der Waals surface area contributed by atoms with Crippen LogP contribution in [0.3, 0.4) is 0 Å². The molecule has 7 aliphatic rings. The lowest BCUT2D eigenvalue weighted by Gasteiger charge is -2.43. The molecule has 8 aromatic rings. The van der Waals surface area contributed by atoms with E-state index in [1.807, 2.05) is 87.4 Å². The Hall–Kier alpha value is -10.2. The largest absolute Gasteiger partial charge is 0.389 e. The fourth-order valence-corrected chi connectivity index (χ4v) is 21.2. The van der Waals surface area contributed by atoms with Gasteiger partial charge >= 0.3 is 0 Å². The second-order valence-electron chi connectivity index (χ2n) is 43.6. The molecule has 11 N–H and O–H groups in total. The van der Waals surface area contributed by atoms with Gasteiger partial charge < -0.3 is 82.1 Å². The molecule has 38 heteroatoms. The van der Waals surface area contributed by atoms with Crippen molar-refractivity contribution in [1.29, 1.82) is 0 Å². The number of amides is 8. The SMILES string of the molecule is Cc1cc(NC(C)(C)C)ncc1-c1sc(C(=O)N2CC(C)(O)C2)nc1C(=O)N1CCC[C@@H]1C.Cc1cc(NC(C)(C)C)ncc1-c1sc(C(=O)N[C@H](C)C(C)(C)O)nc1C(=O)N1CCC[C@@H]1C.Cc1cc(NCC2(C)CC2)ncc1-c1sc(C(=O)NCC(C)(C)O)nc1C(=O)N1CC(F)(F)C[C@@H]1C.Cc1cc(NCC2(C)CCC2)ncc1-c1sc(C(=O)NCC(C)(C)O)nc1C(=O)N1CCC[C@@H]1C. The highest BCUT2D eigenvalue weighted by Gasteiger charge is 2.48. The number of alkyl halides is 2. The highest BCUT2D eigenvalue weighted by atomic mass is 32.1. The molecule has 138 heavy (non-hydrogen) atoms. The van der Waals surface area contributed by atoms with Crippen molar-refractivity contribution in [1.82, 2.24) is 80.3 Å². The summed E-state index contributed by atoms with van der Waals surface area (Å²) in [6.07, 6.45) is 18.3. The number of aryl methyl sites for hydroxylation is 4. The van der Waals surface area contributed by atoms with Crippen molar-refractivity contribution in [2.75, 3.05) is 86.7 Å². The molecular formula is C100H140F2N20O12S4. The maximum Gasteiger partial charge on any atom is 0.283 e. The summed E-state index contributed by atoms with van der Waals surface area (Å²) in [5.41, 5.74) is 3.75. The summed E-state index contributed by atoms with van der Waals surface area (Å²) in [7, 11) is 0. The summed E-state index contributed by atoms with van der Waals surface area (Å²) < 4.78 is 28.1. The number of hydrogen-bond acceptors (Lipinski definition) is 28. The predicted molar refractivity (Wildman–Crippen MR) is 540 cm³/mol. The van der Waals surface area contributed by atoms with E-state index in [4.69, 9.17) is 0 Å². The van der Waals surface area contributed by atoms with Crippen molar-refractivity contribution in [3.05, 3.63) is 114 Å². The predicted octanol–water partition coefficient (Wildman–Crippen LogP) is 16.1. The lowest BCUT2D eigenvalue weighted by atomic mass is 9.70. The van der Waals surface area contributed by atoms with Gasteiger partial charge in [0, 0.05) is 135 Å². The summed E-state index contributed by atoms with van der Waals surface area (Å²) in [5.74, 6) is -2.66. The summed E-state index contributed by atoms with van der Waals surface area (Å²) in [4.78, 5) is 152. The van der Waals surface area contributed by atoms with Gasteiger partial charge in [-0.25, -0.2) is 48.7 Å². The van der Waals surface area contributed by atoms with Gasteiger partial charge in [-0.3, -0.25) is 38.4 Å².